The van der Waals surface area contributed by atoms with Gasteiger partial charge in [0.25, 0.3) is 0 Å². The summed E-state index contributed by atoms with van der Waals surface area (Å²) in [4.78, 5) is 12.2. The van der Waals surface area contributed by atoms with Crippen LogP contribution >= 0.6 is 11.3 Å². The van der Waals surface area contributed by atoms with E-state index in [2.05, 4.69) is 4.98 Å². The van der Waals surface area contributed by atoms with E-state index in [1.54, 1.807) is 0 Å². The number of nitrogens with zero attached hydrogens (tertiary/aromatic N) is 2. The monoisotopic (exact) mass is 145 g/mol. The zero-order valence-electron chi connectivity index (χ0n) is 4.10. The van der Waals surface area contributed by atoms with Crippen LogP contribution in [0.3, 0.4) is 0 Å². The van der Waals surface area contributed by atoms with Gasteiger partial charge in [-0.05, 0) is 16.3 Å². The summed E-state index contributed by atoms with van der Waals surface area (Å²) in [5.41, 5.74) is 0. The fraction of sp³-hybridized carbons (Fsp3) is 0. The molecule has 0 aliphatic rings. The maximum atomic E-state index is 10.2. The summed E-state index contributed by atoms with van der Waals surface area (Å²) < 4.78 is 0. The number of rotatable bonds is 1. The molecule has 1 radical (unpaired) electrons. The summed E-state index contributed by atoms with van der Waals surface area (Å²) in [6.45, 7) is 0. The van der Waals surface area contributed by atoms with Crippen LogP contribution in [0.25, 0.3) is 0 Å². The van der Waals surface area contributed by atoms with E-state index in [4.69, 9.17) is 0 Å². The first kappa shape index (κ1) is 5.96. The van der Waals surface area contributed by atoms with E-state index in [1.165, 1.54) is 0 Å². The van der Waals surface area contributed by atoms with Gasteiger partial charge >= 0.3 is 11.0 Å². The van der Waals surface area contributed by atoms with Crippen molar-refractivity contribution in [3.63, 3.8) is 0 Å². The summed E-state index contributed by atoms with van der Waals surface area (Å²) in [6, 6.07) is 0. The van der Waals surface area contributed by atoms with Crippen molar-refractivity contribution in [1.29, 1.82) is 0 Å². The number of nitro groups is 1. The smallest absolute Gasteiger partial charge is 0.358 e. The topological polar surface area (TPSA) is 75.9 Å². The van der Waals surface area contributed by atoms with Crippen LogP contribution in [-0.2, 0) is 5.11 Å². The third kappa shape index (κ3) is 1.14. The van der Waals surface area contributed by atoms with Crippen LogP contribution in [0.5, 0.6) is 5.19 Å². The average Bonchev–Trinajstić information content (AvgIpc) is 2.14. The molecule has 5 nitrogen and oxygen atoms in total. The second-order valence-electron chi connectivity index (χ2n) is 1.23. The van der Waals surface area contributed by atoms with Crippen LogP contribution < -0.4 is 0 Å². The van der Waals surface area contributed by atoms with Crippen molar-refractivity contribution in [2.75, 3.05) is 0 Å². The van der Waals surface area contributed by atoms with Crippen molar-refractivity contribution in [1.82, 2.24) is 4.98 Å². The van der Waals surface area contributed by atoms with Gasteiger partial charge in [-0.15, -0.1) is 0 Å². The molecule has 1 aromatic heterocycles. The Labute approximate surface area is 53.7 Å². The van der Waals surface area contributed by atoms with Gasteiger partial charge in [0, 0.05) is 4.98 Å². The molecule has 0 aliphatic carbocycles. The fourth-order valence-corrected chi connectivity index (χ4v) is 0.824. The molecule has 0 saturated carbocycles. The molecule has 0 amide bonds. The molecular weight excluding hydrogens is 144 g/mol. The first-order valence-electron chi connectivity index (χ1n) is 1.97. The van der Waals surface area contributed by atoms with Crippen LogP contribution in [0, 0.1) is 10.1 Å². The molecule has 0 atom stereocenters. The van der Waals surface area contributed by atoms with Crippen molar-refractivity contribution in [2.24, 2.45) is 0 Å². The van der Waals surface area contributed by atoms with Gasteiger partial charge in [-0.3, -0.25) is 0 Å². The lowest BCUT2D eigenvalue weighted by Gasteiger charge is -1.80. The maximum Gasteiger partial charge on any atom is 0.433 e. The first-order chi connectivity index (χ1) is 4.20. The molecule has 47 valence electrons. The largest absolute Gasteiger partial charge is 0.433 e. The molecule has 0 aromatic carbocycles. The summed E-state index contributed by atoms with van der Waals surface area (Å²) in [7, 11) is 0. The number of hydrogen-bond acceptors (Lipinski definition) is 4. The van der Waals surface area contributed by atoms with Gasteiger partial charge in [-0.25, -0.2) is 5.11 Å². The van der Waals surface area contributed by atoms with E-state index in [-0.39, 0.29) is 5.82 Å². The van der Waals surface area contributed by atoms with Gasteiger partial charge in [-0.2, -0.15) is 0 Å². The third-order valence-corrected chi connectivity index (χ3v) is 1.28. The van der Waals surface area contributed by atoms with Crippen LogP contribution in [0.1, 0.15) is 0 Å². The molecular formula is C3HN2O3S. The predicted octanol–water partition coefficient (Wildman–Crippen LogP) is 1.20. The summed E-state index contributed by atoms with van der Waals surface area (Å²) in [6.07, 6.45) is 0. The van der Waals surface area contributed by atoms with Crippen LogP contribution in [0.15, 0.2) is 5.38 Å². The van der Waals surface area contributed by atoms with E-state index in [0.29, 0.717) is 0 Å². The van der Waals surface area contributed by atoms with Gasteiger partial charge in [0.15, 0.2) is 0 Å². The van der Waals surface area contributed by atoms with Gasteiger partial charge in [-0.1, -0.05) is 0 Å². The highest BCUT2D eigenvalue weighted by molar-refractivity contribution is 7.11. The Balaban J connectivity index is 2.98. The molecule has 0 bridgehead atoms. The van der Waals surface area contributed by atoms with Gasteiger partial charge in [0.1, 0.15) is 0 Å². The SMILES string of the molecule is [O]c1nc([N+](=O)[O-])cs1. The highest BCUT2D eigenvalue weighted by atomic mass is 32.1. The molecule has 6 heteroatoms. The highest BCUT2D eigenvalue weighted by Gasteiger charge is 2.12. The lowest BCUT2D eigenvalue weighted by Crippen LogP contribution is -1.85. The molecule has 0 saturated heterocycles. The van der Waals surface area contributed by atoms with Gasteiger partial charge in [0.05, 0.1) is 5.38 Å². The average molecular weight is 145 g/mol. The Morgan fingerprint density at radius 2 is 2.44 bits per heavy atom. The molecule has 0 fully saturated rings. The molecule has 0 aliphatic heterocycles. The van der Waals surface area contributed by atoms with Gasteiger partial charge < -0.3 is 10.1 Å². The normalized spacial score (nSPS) is 9.33. The quantitative estimate of drug-likeness (QED) is 0.440. The van der Waals surface area contributed by atoms with E-state index >= 15 is 0 Å². The molecule has 0 spiro atoms. The van der Waals surface area contributed by atoms with Crippen molar-refractivity contribution in [3.8, 4) is 5.19 Å². The molecule has 1 aromatic rings. The third-order valence-electron chi connectivity index (χ3n) is 0.658. The van der Waals surface area contributed by atoms with E-state index in [1.807, 2.05) is 0 Å². The summed E-state index contributed by atoms with van der Waals surface area (Å²) in [5, 5.41) is 20.6. The highest BCUT2D eigenvalue weighted by Crippen LogP contribution is 2.21. The number of thiazole rings is 1. The summed E-state index contributed by atoms with van der Waals surface area (Å²) >= 11 is 0.724. The minimum Gasteiger partial charge on any atom is -0.358 e. The lowest BCUT2D eigenvalue weighted by molar-refractivity contribution is -0.389. The molecule has 0 unspecified atom stereocenters. The van der Waals surface area contributed by atoms with Crippen molar-refractivity contribution >= 4 is 17.2 Å². The van der Waals surface area contributed by atoms with E-state index in [0.717, 1.165) is 16.7 Å². The number of aromatic nitrogens is 1. The Hall–Kier alpha value is -1.17. The molecule has 0 N–H and O–H groups in total. The van der Waals surface area contributed by atoms with Crippen molar-refractivity contribution < 1.29 is 10.0 Å². The molecule has 1 heterocycles. The van der Waals surface area contributed by atoms with Crippen LogP contribution in [-0.4, -0.2) is 9.91 Å². The van der Waals surface area contributed by atoms with Crippen LogP contribution in [0.4, 0.5) is 5.82 Å². The minimum absolute atomic E-state index is 0.370. The zero-order chi connectivity index (χ0) is 6.85. The minimum atomic E-state index is -0.697. The maximum absolute atomic E-state index is 10.2. The zero-order valence-corrected chi connectivity index (χ0v) is 4.92. The Morgan fingerprint density at radius 3 is 2.67 bits per heavy atom. The standard InChI is InChI=1S/C3HN2O3S/c6-3-4-2(1-9-3)5(7)8/h1H. The Kier molecular flexibility index (Phi) is 1.31. The number of hydrogen-bond donors (Lipinski definition) is 0. The summed E-state index contributed by atoms with van der Waals surface area (Å²) in [5.74, 6) is -0.370. The van der Waals surface area contributed by atoms with E-state index < -0.39 is 10.1 Å². The second kappa shape index (κ2) is 1.98. The fourth-order valence-electron chi connectivity index (χ4n) is 0.333. The Morgan fingerprint density at radius 1 is 1.78 bits per heavy atom. The van der Waals surface area contributed by atoms with Gasteiger partial charge in [0.2, 0.25) is 0 Å². The van der Waals surface area contributed by atoms with E-state index in [9.17, 15) is 15.2 Å². The predicted molar refractivity (Wildman–Crippen MR) is 28.9 cm³/mol. The molecule has 9 heavy (non-hydrogen) atoms. The first-order valence-corrected chi connectivity index (χ1v) is 2.85. The van der Waals surface area contributed by atoms with Crippen molar-refractivity contribution in [2.45, 2.75) is 0 Å². The second-order valence-corrected chi connectivity index (χ2v) is 2.05. The van der Waals surface area contributed by atoms with Crippen molar-refractivity contribution in [3.05, 3.63) is 15.5 Å². The Bertz CT molecular complexity index is 233. The molecule has 1 rings (SSSR count). The lowest BCUT2D eigenvalue weighted by atomic mass is 10.8. The van der Waals surface area contributed by atoms with Crippen LogP contribution in [0.2, 0.25) is 0 Å².